The van der Waals surface area contributed by atoms with Gasteiger partial charge in [0.1, 0.15) is 11.3 Å². The number of carbonyl (C=O) groups is 2. The highest BCUT2D eigenvalue weighted by Crippen LogP contribution is 2.46. The van der Waals surface area contributed by atoms with Gasteiger partial charge < -0.3 is 15.6 Å². The number of nitrogens with zero attached hydrogens (tertiary/aromatic N) is 1. The van der Waals surface area contributed by atoms with Gasteiger partial charge in [-0.05, 0) is 37.3 Å². The van der Waals surface area contributed by atoms with E-state index in [-0.39, 0.29) is 12.5 Å². The van der Waals surface area contributed by atoms with Crippen molar-refractivity contribution in [1.29, 1.82) is 0 Å². The molecule has 6 heteroatoms. The Bertz CT molecular complexity index is 793. The SMILES string of the molecule is COC(=O)C1(c2ccc(C)cc2)C(CN)=C(CC(C)C)N=C(C)C1C(=O)O. The molecule has 0 saturated heterocycles. The highest BCUT2D eigenvalue weighted by molar-refractivity contribution is 6.10. The molecule has 1 heterocycles. The van der Waals surface area contributed by atoms with E-state index < -0.39 is 23.3 Å². The Kier molecular flexibility index (Phi) is 6.21. The second-order valence-electron chi connectivity index (χ2n) is 7.42. The number of carbonyl (C=O) groups excluding carboxylic acids is 1. The Balaban J connectivity index is 2.93. The molecule has 2 unspecified atom stereocenters. The van der Waals surface area contributed by atoms with Crippen LogP contribution in [0.1, 0.15) is 38.3 Å². The average molecular weight is 372 g/mol. The number of aliphatic carboxylic acids is 1. The van der Waals surface area contributed by atoms with Gasteiger partial charge in [0.15, 0.2) is 0 Å². The maximum Gasteiger partial charge on any atom is 0.321 e. The van der Waals surface area contributed by atoms with Crippen molar-refractivity contribution in [3.8, 4) is 0 Å². The lowest BCUT2D eigenvalue weighted by atomic mass is 9.61. The van der Waals surface area contributed by atoms with Gasteiger partial charge in [-0.1, -0.05) is 43.7 Å². The number of nitrogens with two attached hydrogens (primary N) is 1. The fourth-order valence-electron chi connectivity index (χ4n) is 3.94. The predicted octanol–water partition coefficient (Wildman–Crippen LogP) is 2.84. The van der Waals surface area contributed by atoms with Gasteiger partial charge >= 0.3 is 11.9 Å². The van der Waals surface area contributed by atoms with E-state index >= 15 is 0 Å². The van der Waals surface area contributed by atoms with Crippen molar-refractivity contribution in [2.45, 2.75) is 39.5 Å². The number of carboxylic acids is 1. The van der Waals surface area contributed by atoms with E-state index in [9.17, 15) is 14.7 Å². The van der Waals surface area contributed by atoms with E-state index in [4.69, 9.17) is 10.5 Å². The van der Waals surface area contributed by atoms with Crippen LogP contribution in [0.3, 0.4) is 0 Å². The van der Waals surface area contributed by atoms with E-state index in [1.165, 1.54) is 7.11 Å². The van der Waals surface area contributed by atoms with Gasteiger partial charge in [0.2, 0.25) is 0 Å². The molecule has 1 aromatic rings. The summed E-state index contributed by atoms with van der Waals surface area (Å²) in [5.41, 5.74) is 7.69. The number of benzene rings is 1. The number of carboxylic acid groups (broad SMARTS) is 1. The number of aliphatic imine (C=N–C) groups is 1. The van der Waals surface area contributed by atoms with Crippen molar-refractivity contribution in [2.24, 2.45) is 22.6 Å². The van der Waals surface area contributed by atoms with E-state index in [2.05, 4.69) is 4.99 Å². The predicted molar refractivity (Wildman–Crippen MR) is 105 cm³/mol. The number of ether oxygens (including phenoxy) is 1. The van der Waals surface area contributed by atoms with Gasteiger partial charge in [0, 0.05) is 18.0 Å². The van der Waals surface area contributed by atoms with Gasteiger partial charge in [0.25, 0.3) is 0 Å². The van der Waals surface area contributed by atoms with Crippen LogP contribution in [0.15, 0.2) is 40.5 Å². The number of rotatable bonds is 6. The van der Waals surface area contributed by atoms with Crippen molar-refractivity contribution in [3.63, 3.8) is 0 Å². The molecule has 0 radical (unpaired) electrons. The summed E-state index contributed by atoms with van der Waals surface area (Å²) in [5, 5.41) is 10.0. The number of hydrogen-bond donors (Lipinski definition) is 2. The van der Waals surface area contributed by atoms with Crippen molar-refractivity contribution in [3.05, 3.63) is 46.7 Å². The molecule has 0 amide bonds. The molecule has 0 aromatic heterocycles. The van der Waals surface area contributed by atoms with E-state index in [1.807, 2.05) is 32.9 Å². The van der Waals surface area contributed by atoms with E-state index in [1.54, 1.807) is 19.1 Å². The second kappa shape index (κ2) is 8.05. The number of aryl methyl sites for hydroxylation is 1. The molecule has 2 rings (SSSR count). The fourth-order valence-corrected chi connectivity index (χ4v) is 3.94. The largest absolute Gasteiger partial charge is 0.481 e. The average Bonchev–Trinajstić information content (AvgIpc) is 2.59. The van der Waals surface area contributed by atoms with Crippen LogP contribution >= 0.6 is 0 Å². The first-order chi connectivity index (χ1) is 12.7. The molecule has 1 aliphatic heterocycles. The monoisotopic (exact) mass is 372 g/mol. The second-order valence-corrected chi connectivity index (χ2v) is 7.42. The lowest BCUT2D eigenvalue weighted by Crippen LogP contribution is -2.55. The first-order valence-corrected chi connectivity index (χ1v) is 9.06. The quantitative estimate of drug-likeness (QED) is 0.748. The van der Waals surface area contributed by atoms with Crippen LogP contribution < -0.4 is 5.73 Å². The minimum Gasteiger partial charge on any atom is -0.481 e. The third kappa shape index (κ3) is 3.54. The molecule has 27 heavy (non-hydrogen) atoms. The smallest absolute Gasteiger partial charge is 0.321 e. The number of methoxy groups -OCH3 is 1. The van der Waals surface area contributed by atoms with Gasteiger partial charge in [0.05, 0.1) is 7.11 Å². The van der Waals surface area contributed by atoms with Crippen LogP contribution in [0.5, 0.6) is 0 Å². The molecular formula is C21H28N2O4. The molecule has 2 atom stereocenters. The van der Waals surface area contributed by atoms with E-state index in [0.29, 0.717) is 29.0 Å². The van der Waals surface area contributed by atoms with Crippen molar-refractivity contribution < 1.29 is 19.4 Å². The van der Waals surface area contributed by atoms with Crippen LogP contribution in [-0.2, 0) is 19.7 Å². The minimum absolute atomic E-state index is 0.0194. The molecular weight excluding hydrogens is 344 g/mol. The number of allylic oxidation sites excluding steroid dienone is 1. The number of hydrogen-bond acceptors (Lipinski definition) is 5. The highest BCUT2D eigenvalue weighted by Gasteiger charge is 2.57. The summed E-state index contributed by atoms with van der Waals surface area (Å²) < 4.78 is 5.14. The minimum atomic E-state index is -1.53. The van der Waals surface area contributed by atoms with Crippen molar-refractivity contribution in [1.82, 2.24) is 0 Å². The summed E-state index contributed by atoms with van der Waals surface area (Å²) in [4.78, 5) is 30.0. The zero-order valence-corrected chi connectivity index (χ0v) is 16.6. The lowest BCUT2D eigenvalue weighted by molar-refractivity contribution is -0.154. The molecule has 3 N–H and O–H groups in total. The maximum absolute atomic E-state index is 13.2. The normalized spacial score (nSPS) is 22.6. The molecule has 0 fully saturated rings. The molecule has 0 bridgehead atoms. The first-order valence-electron chi connectivity index (χ1n) is 9.06. The maximum atomic E-state index is 13.2. The Morgan fingerprint density at radius 3 is 2.30 bits per heavy atom. The molecule has 0 aliphatic carbocycles. The Labute approximate surface area is 160 Å². The summed E-state index contributed by atoms with van der Waals surface area (Å²) in [5.74, 6) is -2.67. The first kappa shape index (κ1) is 20.8. The lowest BCUT2D eigenvalue weighted by Gasteiger charge is -2.42. The summed E-state index contributed by atoms with van der Waals surface area (Å²) in [7, 11) is 1.27. The zero-order chi connectivity index (χ0) is 20.4. The van der Waals surface area contributed by atoms with Crippen LogP contribution in [0.2, 0.25) is 0 Å². The van der Waals surface area contributed by atoms with Gasteiger partial charge in [-0.15, -0.1) is 0 Å². The van der Waals surface area contributed by atoms with Crippen molar-refractivity contribution in [2.75, 3.05) is 13.7 Å². The summed E-state index contributed by atoms with van der Waals surface area (Å²) in [6.45, 7) is 7.69. The summed E-state index contributed by atoms with van der Waals surface area (Å²) >= 11 is 0. The molecule has 1 aliphatic rings. The van der Waals surface area contributed by atoms with Gasteiger partial charge in [-0.25, -0.2) is 0 Å². The van der Waals surface area contributed by atoms with E-state index in [0.717, 1.165) is 5.56 Å². The summed E-state index contributed by atoms with van der Waals surface area (Å²) in [6.07, 6.45) is 0.598. The summed E-state index contributed by atoms with van der Waals surface area (Å²) in [6, 6.07) is 7.28. The number of esters is 1. The fraction of sp³-hybridized carbons (Fsp3) is 0.476. The van der Waals surface area contributed by atoms with Crippen molar-refractivity contribution >= 4 is 17.7 Å². The van der Waals surface area contributed by atoms with Crippen LogP contribution in [0.4, 0.5) is 0 Å². The molecule has 1 aromatic carbocycles. The van der Waals surface area contributed by atoms with Crippen LogP contribution in [0.25, 0.3) is 0 Å². The molecule has 0 saturated carbocycles. The standard InChI is InChI=1S/C21H28N2O4/c1-12(2)10-17-16(11-22)21(20(26)27-5,15-8-6-13(3)7-9-15)18(19(24)25)14(4)23-17/h6-9,12,18H,10-11,22H2,1-5H3,(H,24,25). The van der Waals surface area contributed by atoms with Gasteiger partial charge in [-0.2, -0.15) is 0 Å². The van der Waals surface area contributed by atoms with Crippen LogP contribution in [0, 0.1) is 18.8 Å². The zero-order valence-electron chi connectivity index (χ0n) is 16.6. The highest BCUT2D eigenvalue weighted by atomic mass is 16.5. The Morgan fingerprint density at radius 1 is 1.26 bits per heavy atom. The molecule has 6 nitrogen and oxygen atoms in total. The van der Waals surface area contributed by atoms with Crippen LogP contribution in [-0.4, -0.2) is 36.4 Å². The molecule has 0 spiro atoms. The third-order valence-corrected chi connectivity index (χ3v) is 5.05. The molecule has 146 valence electrons. The Morgan fingerprint density at radius 2 is 1.85 bits per heavy atom. The third-order valence-electron chi connectivity index (χ3n) is 5.05. The van der Waals surface area contributed by atoms with Gasteiger partial charge in [-0.3, -0.25) is 14.6 Å². The Hall–Kier alpha value is -2.47. The topological polar surface area (TPSA) is 102 Å².